The van der Waals surface area contributed by atoms with Crippen molar-refractivity contribution >= 4 is 11.9 Å². The van der Waals surface area contributed by atoms with Gasteiger partial charge in [0.05, 0.1) is 0 Å². The molecular formula is C12H15FN2O3. The second-order valence-electron chi connectivity index (χ2n) is 3.90. The first-order valence-corrected chi connectivity index (χ1v) is 5.48. The molecule has 0 saturated carbocycles. The highest BCUT2D eigenvalue weighted by Crippen LogP contribution is 2.04. The van der Waals surface area contributed by atoms with Gasteiger partial charge in [0.1, 0.15) is 11.9 Å². The van der Waals surface area contributed by atoms with Crippen molar-refractivity contribution in [1.29, 1.82) is 0 Å². The van der Waals surface area contributed by atoms with Gasteiger partial charge in [-0.2, -0.15) is 0 Å². The summed E-state index contributed by atoms with van der Waals surface area (Å²) in [7, 11) is 0. The summed E-state index contributed by atoms with van der Waals surface area (Å²) in [6.07, 6.45) is 0.138. The lowest BCUT2D eigenvalue weighted by molar-refractivity contribution is -0.139. The predicted octanol–water partition coefficient (Wildman–Crippen LogP) is 0.634. The van der Waals surface area contributed by atoms with Crippen LogP contribution < -0.4 is 11.1 Å². The monoisotopic (exact) mass is 254 g/mol. The van der Waals surface area contributed by atoms with Crippen LogP contribution in [0.15, 0.2) is 24.3 Å². The molecule has 0 aliphatic heterocycles. The maximum absolute atomic E-state index is 12.7. The Labute approximate surface area is 104 Å². The van der Waals surface area contributed by atoms with Crippen LogP contribution in [-0.2, 0) is 16.1 Å². The van der Waals surface area contributed by atoms with Gasteiger partial charge >= 0.3 is 5.97 Å². The highest BCUT2D eigenvalue weighted by Gasteiger charge is 2.17. The van der Waals surface area contributed by atoms with Crippen LogP contribution in [0.3, 0.4) is 0 Å². The van der Waals surface area contributed by atoms with Crippen molar-refractivity contribution in [2.75, 3.05) is 0 Å². The van der Waals surface area contributed by atoms with E-state index in [1.807, 2.05) is 0 Å². The van der Waals surface area contributed by atoms with Crippen LogP contribution in [0.25, 0.3) is 0 Å². The number of halogens is 1. The second kappa shape index (κ2) is 6.70. The van der Waals surface area contributed by atoms with Gasteiger partial charge in [-0.1, -0.05) is 12.1 Å². The van der Waals surface area contributed by atoms with Crippen LogP contribution in [0.2, 0.25) is 0 Å². The summed E-state index contributed by atoms with van der Waals surface area (Å²) < 4.78 is 12.7. The molecule has 0 radical (unpaired) electrons. The first kappa shape index (κ1) is 14.1. The van der Waals surface area contributed by atoms with Crippen LogP contribution in [0.5, 0.6) is 0 Å². The summed E-state index contributed by atoms with van der Waals surface area (Å²) in [4.78, 5) is 21.5. The standard InChI is InChI=1S/C12H15FN2O3/c13-9-3-1-8(2-4-9)7-15-10(12(17)18)5-6-11(14)16/h1-4,10,15H,5-7H2,(H2,14,16)(H,17,18)/t10-/m0/s1. The first-order chi connectivity index (χ1) is 8.49. The third kappa shape index (κ3) is 4.92. The minimum absolute atomic E-state index is 0.00733. The number of aliphatic carboxylic acids is 1. The molecule has 0 spiro atoms. The molecule has 0 fully saturated rings. The molecule has 0 saturated heterocycles. The van der Waals surface area contributed by atoms with Gasteiger partial charge in [-0.05, 0) is 24.1 Å². The molecular weight excluding hydrogens is 239 g/mol. The van der Waals surface area contributed by atoms with Crippen LogP contribution in [0.1, 0.15) is 18.4 Å². The zero-order valence-corrected chi connectivity index (χ0v) is 9.73. The third-order valence-corrected chi connectivity index (χ3v) is 2.44. The number of hydrogen-bond donors (Lipinski definition) is 3. The lowest BCUT2D eigenvalue weighted by Crippen LogP contribution is -2.37. The van der Waals surface area contributed by atoms with Crippen LogP contribution in [0, 0.1) is 5.82 Å². The van der Waals surface area contributed by atoms with E-state index in [1.165, 1.54) is 12.1 Å². The Kier molecular flexibility index (Phi) is 5.26. The third-order valence-electron chi connectivity index (χ3n) is 2.44. The molecule has 1 amide bonds. The first-order valence-electron chi connectivity index (χ1n) is 5.48. The van der Waals surface area contributed by atoms with Gasteiger partial charge in [0.25, 0.3) is 0 Å². The average Bonchev–Trinajstić information content (AvgIpc) is 2.30. The van der Waals surface area contributed by atoms with Crippen LogP contribution >= 0.6 is 0 Å². The van der Waals surface area contributed by atoms with Crippen molar-refractivity contribution in [1.82, 2.24) is 5.32 Å². The highest BCUT2D eigenvalue weighted by atomic mass is 19.1. The minimum atomic E-state index is -1.04. The molecule has 1 aromatic rings. The number of benzene rings is 1. The second-order valence-corrected chi connectivity index (χ2v) is 3.90. The number of hydrogen-bond acceptors (Lipinski definition) is 3. The van der Waals surface area contributed by atoms with Gasteiger partial charge in [0.2, 0.25) is 5.91 Å². The number of primary amides is 1. The van der Waals surface area contributed by atoms with Gasteiger partial charge < -0.3 is 16.2 Å². The number of amides is 1. The fraction of sp³-hybridized carbons (Fsp3) is 0.333. The predicted molar refractivity (Wildman–Crippen MR) is 63.1 cm³/mol. The molecule has 6 heteroatoms. The van der Waals surface area contributed by atoms with Gasteiger partial charge in [-0.25, -0.2) is 4.39 Å². The lowest BCUT2D eigenvalue weighted by atomic mass is 10.1. The van der Waals surface area contributed by atoms with E-state index in [-0.39, 0.29) is 25.2 Å². The molecule has 0 heterocycles. The lowest BCUT2D eigenvalue weighted by Gasteiger charge is -2.13. The molecule has 18 heavy (non-hydrogen) atoms. The number of carbonyl (C=O) groups excluding carboxylic acids is 1. The van der Waals surface area contributed by atoms with E-state index in [4.69, 9.17) is 10.8 Å². The number of nitrogens with two attached hydrogens (primary N) is 1. The number of rotatable bonds is 7. The molecule has 5 nitrogen and oxygen atoms in total. The van der Waals surface area contributed by atoms with E-state index in [0.29, 0.717) is 0 Å². The summed E-state index contributed by atoms with van der Waals surface area (Å²) >= 11 is 0. The molecule has 0 aliphatic carbocycles. The Morgan fingerprint density at radius 3 is 2.44 bits per heavy atom. The van der Waals surface area contributed by atoms with Gasteiger partial charge in [-0.15, -0.1) is 0 Å². The fourth-order valence-electron chi connectivity index (χ4n) is 1.44. The molecule has 4 N–H and O–H groups in total. The fourth-order valence-corrected chi connectivity index (χ4v) is 1.44. The molecule has 0 bridgehead atoms. The number of carboxylic acids is 1. The maximum Gasteiger partial charge on any atom is 0.320 e. The largest absolute Gasteiger partial charge is 0.480 e. The molecule has 0 unspecified atom stereocenters. The molecule has 1 aromatic carbocycles. The van der Waals surface area contributed by atoms with Crippen LogP contribution in [0.4, 0.5) is 4.39 Å². The van der Waals surface area contributed by atoms with Crippen molar-refractivity contribution in [3.63, 3.8) is 0 Å². The Morgan fingerprint density at radius 1 is 1.33 bits per heavy atom. The van der Waals surface area contributed by atoms with Gasteiger partial charge in [0.15, 0.2) is 0 Å². The summed E-state index contributed by atoms with van der Waals surface area (Å²) in [5, 5.41) is 11.7. The van der Waals surface area contributed by atoms with E-state index < -0.39 is 17.9 Å². The maximum atomic E-state index is 12.7. The van der Waals surface area contributed by atoms with Crippen molar-refractivity contribution < 1.29 is 19.1 Å². The zero-order chi connectivity index (χ0) is 13.5. The molecule has 1 rings (SSSR count). The van der Waals surface area contributed by atoms with Crippen molar-refractivity contribution in [3.05, 3.63) is 35.6 Å². The average molecular weight is 254 g/mol. The Balaban J connectivity index is 2.49. The van der Waals surface area contributed by atoms with E-state index in [0.717, 1.165) is 5.56 Å². The molecule has 0 aliphatic rings. The normalized spacial score (nSPS) is 12.1. The van der Waals surface area contributed by atoms with Gasteiger partial charge in [0, 0.05) is 13.0 Å². The zero-order valence-electron chi connectivity index (χ0n) is 9.73. The van der Waals surface area contributed by atoms with Crippen molar-refractivity contribution in [2.45, 2.75) is 25.4 Å². The minimum Gasteiger partial charge on any atom is -0.480 e. The molecule has 1 atom stereocenters. The van der Waals surface area contributed by atoms with Crippen LogP contribution in [-0.4, -0.2) is 23.0 Å². The smallest absolute Gasteiger partial charge is 0.320 e. The van der Waals surface area contributed by atoms with Crippen molar-refractivity contribution in [3.8, 4) is 0 Å². The number of carboxylic acid groups (broad SMARTS) is 1. The highest BCUT2D eigenvalue weighted by molar-refractivity contribution is 5.77. The number of nitrogens with one attached hydrogen (secondary N) is 1. The summed E-state index contributed by atoms with van der Waals surface area (Å²) in [6.45, 7) is 0.288. The Bertz CT molecular complexity index is 420. The topological polar surface area (TPSA) is 92.4 Å². The Hall–Kier alpha value is -1.95. The number of carbonyl (C=O) groups is 2. The summed E-state index contributed by atoms with van der Waals surface area (Å²) in [5.74, 6) is -1.93. The van der Waals surface area contributed by atoms with E-state index in [2.05, 4.69) is 5.32 Å². The van der Waals surface area contributed by atoms with E-state index in [9.17, 15) is 14.0 Å². The quantitative estimate of drug-likeness (QED) is 0.665. The van der Waals surface area contributed by atoms with Gasteiger partial charge in [-0.3, -0.25) is 9.59 Å². The molecule has 98 valence electrons. The van der Waals surface area contributed by atoms with E-state index >= 15 is 0 Å². The van der Waals surface area contributed by atoms with Crippen molar-refractivity contribution in [2.24, 2.45) is 5.73 Å². The summed E-state index contributed by atoms with van der Waals surface area (Å²) in [5.41, 5.74) is 5.73. The SMILES string of the molecule is NC(=O)CC[C@H](NCc1ccc(F)cc1)C(=O)O. The Morgan fingerprint density at radius 2 is 1.94 bits per heavy atom. The van der Waals surface area contributed by atoms with E-state index in [1.54, 1.807) is 12.1 Å². The molecule has 0 aromatic heterocycles. The summed E-state index contributed by atoms with van der Waals surface area (Å²) in [6, 6.07) is 4.89.